The molecule has 0 bridgehead atoms. The maximum absolute atomic E-state index is 11.5. The first-order chi connectivity index (χ1) is 8.56. The fourth-order valence-electron chi connectivity index (χ4n) is 1.57. The summed E-state index contributed by atoms with van der Waals surface area (Å²) < 4.78 is 5.03. The number of amides is 1. The molecule has 1 amide bonds. The van der Waals surface area contributed by atoms with Gasteiger partial charge in [0.1, 0.15) is 0 Å². The first-order valence-electron chi connectivity index (χ1n) is 5.76. The number of nitrogens with one attached hydrogen (secondary N) is 1. The van der Waals surface area contributed by atoms with Crippen LogP contribution in [0.5, 0.6) is 0 Å². The van der Waals surface area contributed by atoms with E-state index < -0.39 is 6.09 Å². The highest BCUT2D eigenvalue weighted by atomic mass is 16.6. The Hall–Kier alpha value is -2.17. The van der Waals surface area contributed by atoms with Gasteiger partial charge in [-0.05, 0) is 39.0 Å². The molecule has 0 aliphatic carbocycles. The Bertz CT molecular complexity index is 581. The maximum atomic E-state index is 11.5. The molecule has 0 radical (unpaired) electrons. The quantitative estimate of drug-likeness (QED) is 0.883. The molecule has 0 spiro atoms. The highest BCUT2D eigenvalue weighted by molar-refractivity contribution is 5.89. The number of fused-ring (bicyclic) bond motifs is 1. The van der Waals surface area contributed by atoms with E-state index in [-0.39, 0.29) is 6.10 Å². The Balaban J connectivity index is 2.28. The molecule has 2 aromatic heterocycles. The van der Waals surface area contributed by atoms with Crippen molar-refractivity contribution in [2.45, 2.75) is 26.9 Å². The summed E-state index contributed by atoms with van der Waals surface area (Å²) in [5.74, 6) is 0. The normalized spacial score (nSPS) is 10.7. The maximum Gasteiger partial charge on any atom is 0.411 e. The standard InChI is InChI=1S/C13H15N3O2/c1-8(2)18-13(17)16-11-7-10-5-4-6-14-12(10)15-9(11)3/h4-8H,1-3H3,(H,16,17). The van der Waals surface area contributed by atoms with E-state index in [1.807, 2.05) is 25.1 Å². The summed E-state index contributed by atoms with van der Waals surface area (Å²) in [4.78, 5) is 20.0. The van der Waals surface area contributed by atoms with Crippen molar-refractivity contribution in [2.24, 2.45) is 0 Å². The topological polar surface area (TPSA) is 64.1 Å². The zero-order valence-electron chi connectivity index (χ0n) is 10.6. The molecule has 0 aromatic carbocycles. The van der Waals surface area contributed by atoms with Crippen molar-refractivity contribution in [1.82, 2.24) is 9.97 Å². The highest BCUT2D eigenvalue weighted by Crippen LogP contribution is 2.19. The van der Waals surface area contributed by atoms with E-state index in [1.54, 1.807) is 20.0 Å². The van der Waals surface area contributed by atoms with Crippen molar-refractivity contribution in [3.05, 3.63) is 30.1 Å². The van der Waals surface area contributed by atoms with Crippen LogP contribution in [0.4, 0.5) is 10.5 Å². The van der Waals surface area contributed by atoms with Crippen LogP contribution in [-0.2, 0) is 4.74 Å². The number of carbonyl (C=O) groups is 1. The van der Waals surface area contributed by atoms with Gasteiger partial charge >= 0.3 is 6.09 Å². The van der Waals surface area contributed by atoms with Crippen LogP contribution in [0.3, 0.4) is 0 Å². The average molecular weight is 245 g/mol. The second-order valence-electron chi connectivity index (χ2n) is 4.25. The Kier molecular flexibility index (Phi) is 3.41. The van der Waals surface area contributed by atoms with E-state index in [9.17, 15) is 4.79 Å². The van der Waals surface area contributed by atoms with Crippen LogP contribution in [0.25, 0.3) is 11.0 Å². The second kappa shape index (κ2) is 5.00. The molecule has 94 valence electrons. The average Bonchev–Trinajstić information content (AvgIpc) is 2.29. The van der Waals surface area contributed by atoms with Crippen molar-refractivity contribution in [2.75, 3.05) is 5.32 Å². The number of anilines is 1. The largest absolute Gasteiger partial charge is 0.447 e. The zero-order valence-corrected chi connectivity index (χ0v) is 10.6. The highest BCUT2D eigenvalue weighted by Gasteiger charge is 2.09. The third kappa shape index (κ3) is 2.74. The summed E-state index contributed by atoms with van der Waals surface area (Å²) in [5.41, 5.74) is 2.01. The number of aryl methyl sites for hydroxylation is 1. The van der Waals surface area contributed by atoms with Gasteiger partial charge in [-0.2, -0.15) is 0 Å². The predicted octanol–water partition coefficient (Wildman–Crippen LogP) is 2.90. The fourth-order valence-corrected chi connectivity index (χ4v) is 1.57. The number of pyridine rings is 2. The Morgan fingerprint density at radius 2 is 2.22 bits per heavy atom. The number of hydrogen-bond donors (Lipinski definition) is 1. The Labute approximate surface area is 105 Å². The molecule has 18 heavy (non-hydrogen) atoms. The summed E-state index contributed by atoms with van der Waals surface area (Å²) in [6.45, 7) is 5.42. The van der Waals surface area contributed by atoms with Crippen LogP contribution in [-0.4, -0.2) is 22.2 Å². The lowest BCUT2D eigenvalue weighted by Crippen LogP contribution is -2.18. The van der Waals surface area contributed by atoms with Crippen LogP contribution in [0.1, 0.15) is 19.5 Å². The van der Waals surface area contributed by atoms with Gasteiger partial charge in [0.15, 0.2) is 5.65 Å². The minimum absolute atomic E-state index is 0.152. The first kappa shape index (κ1) is 12.3. The number of aromatic nitrogens is 2. The van der Waals surface area contributed by atoms with Gasteiger partial charge in [0.25, 0.3) is 0 Å². The minimum atomic E-state index is -0.474. The van der Waals surface area contributed by atoms with Crippen molar-refractivity contribution in [3.8, 4) is 0 Å². The molecule has 2 aromatic rings. The lowest BCUT2D eigenvalue weighted by molar-refractivity contribution is 0.130. The molecular formula is C13H15N3O2. The van der Waals surface area contributed by atoms with Gasteiger partial charge in [0, 0.05) is 11.6 Å². The smallest absolute Gasteiger partial charge is 0.411 e. The third-order valence-electron chi connectivity index (χ3n) is 2.36. The van der Waals surface area contributed by atoms with Crippen LogP contribution < -0.4 is 5.32 Å². The van der Waals surface area contributed by atoms with Gasteiger partial charge < -0.3 is 4.74 Å². The van der Waals surface area contributed by atoms with Gasteiger partial charge in [-0.15, -0.1) is 0 Å². The molecule has 0 saturated heterocycles. The Morgan fingerprint density at radius 1 is 1.44 bits per heavy atom. The minimum Gasteiger partial charge on any atom is -0.447 e. The van der Waals surface area contributed by atoms with E-state index in [2.05, 4.69) is 15.3 Å². The predicted molar refractivity (Wildman–Crippen MR) is 69.5 cm³/mol. The van der Waals surface area contributed by atoms with Gasteiger partial charge in [0.05, 0.1) is 17.5 Å². The van der Waals surface area contributed by atoms with Gasteiger partial charge in [-0.25, -0.2) is 14.8 Å². The van der Waals surface area contributed by atoms with Gasteiger partial charge in [0.2, 0.25) is 0 Å². The van der Waals surface area contributed by atoms with Crippen molar-refractivity contribution >= 4 is 22.8 Å². The summed E-state index contributed by atoms with van der Waals surface area (Å²) in [7, 11) is 0. The molecule has 2 heterocycles. The summed E-state index contributed by atoms with van der Waals surface area (Å²) >= 11 is 0. The van der Waals surface area contributed by atoms with Crippen LogP contribution in [0.15, 0.2) is 24.4 Å². The first-order valence-corrected chi connectivity index (χ1v) is 5.76. The van der Waals surface area contributed by atoms with E-state index in [4.69, 9.17) is 4.74 Å². The molecular weight excluding hydrogens is 230 g/mol. The molecule has 5 nitrogen and oxygen atoms in total. The lowest BCUT2D eigenvalue weighted by Gasteiger charge is -2.11. The van der Waals surface area contributed by atoms with Crippen molar-refractivity contribution in [3.63, 3.8) is 0 Å². The van der Waals surface area contributed by atoms with Gasteiger partial charge in [-0.1, -0.05) is 0 Å². The van der Waals surface area contributed by atoms with Crippen molar-refractivity contribution in [1.29, 1.82) is 0 Å². The van der Waals surface area contributed by atoms with E-state index >= 15 is 0 Å². The molecule has 0 atom stereocenters. The molecule has 5 heteroatoms. The number of rotatable bonds is 2. The SMILES string of the molecule is Cc1nc2ncccc2cc1NC(=O)OC(C)C. The van der Waals surface area contributed by atoms with Crippen LogP contribution in [0, 0.1) is 6.92 Å². The summed E-state index contributed by atoms with van der Waals surface area (Å²) in [5, 5.41) is 3.56. The van der Waals surface area contributed by atoms with E-state index in [0.29, 0.717) is 17.0 Å². The Morgan fingerprint density at radius 3 is 2.94 bits per heavy atom. The number of nitrogens with zero attached hydrogens (tertiary/aromatic N) is 2. The van der Waals surface area contributed by atoms with Crippen molar-refractivity contribution < 1.29 is 9.53 Å². The molecule has 2 rings (SSSR count). The monoisotopic (exact) mass is 245 g/mol. The molecule has 0 aliphatic heterocycles. The van der Waals surface area contributed by atoms with E-state index in [1.165, 1.54) is 0 Å². The second-order valence-corrected chi connectivity index (χ2v) is 4.25. The molecule has 0 aliphatic rings. The summed E-state index contributed by atoms with van der Waals surface area (Å²) in [6.07, 6.45) is 1.06. The number of ether oxygens (including phenoxy) is 1. The molecule has 0 unspecified atom stereocenters. The van der Waals surface area contributed by atoms with Crippen LogP contribution in [0.2, 0.25) is 0 Å². The molecule has 1 N–H and O–H groups in total. The fraction of sp³-hybridized carbons (Fsp3) is 0.308. The lowest BCUT2D eigenvalue weighted by atomic mass is 10.2. The number of carbonyl (C=O) groups excluding carboxylic acids is 1. The third-order valence-corrected chi connectivity index (χ3v) is 2.36. The van der Waals surface area contributed by atoms with Crippen LogP contribution >= 0.6 is 0 Å². The van der Waals surface area contributed by atoms with E-state index in [0.717, 1.165) is 5.39 Å². The number of hydrogen-bond acceptors (Lipinski definition) is 4. The summed E-state index contributed by atoms with van der Waals surface area (Å²) in [6, 6.07) is 5.57. The zero-order chi connectivity index (χ0) is 13.1. The molecule has 0 saturated carbocycles. The van der Waals surface area contributed by atoms with Gasteiger partial charge in [-0.3, -0.25) is 5.32 Å². The molecule has 0 fully saturated rings.